The van der Waals surface area contributed by atoms with E-state index < -0.39 is 29.2 Å². The second kappa shape index (κ2) is 11.9. The zero-order valence-corrected chi connectivity index (χ0v) is 24.5. The fourth-order valence-corrected chi connectivity index (χ4v) is 6.48. The minimum Gasteiger partial charge on any atom is -0.426 e. The molecule has 6 aromatic carbocycles. The maximum Gasteiger partial charge on any atom is 0.329 e. The molecule has 0 amide bonds. The number of esters is 3. The van der Waals surface area contributed by atoms with Crippen LogP contribution in [0.5, 0.6) is 17.2 Å². The van der Waals surface area contributed by atoms with E-state index in [1.807, 2.05) is 97.1 Å². The van der Waals surface area contributed by atoms with Crippen LogP contribution in [0, 0.1) is 11.3 Å². The highest BCUT2D eigenvalue weighted by atomic mass is 16.6. The molecule has 1 atom stereocenters. The van der Waals surface area contributed by atoms with Crippen molar-refractivity contribution in [3.8, 4) is 17.2 Å². The summed E-state index contributed by atoms with van der Waals surface area (Å²) in [5.74, 6) is -2.48. The number of hydrogen-bond donors (Lipinski definition) is 0. The summed E-state index contributed by atoms with van der Waals surface area (Å²) in [7, 11) is 0. The first-order valence-electron chi connectivity index (χ1n) is 15.1. The quantitative estimate of drug-likeness (QED) is 0.109. The Kier molecular flexibility index (Phi) is 7.47. The molecule has 1 saturated carbocycles. The van der Waals surface area contributed by atoms with Gasteiger partial charge < -0.3 is 14.2 Å². The normalized spacial score (nSPS) is 15.9. The maximum atomic E-state index is 14.5. The predicted molar refractivity (Wildman–Crippen MR) is 173 cm³/mol. The van der Waals surface area contributed by atoms with Crippen molar-refractivity contribution >= 4 is 50.2 Å². The van der Waals surface area contributed by atoms with Gasteiger partial charge in [-0.1, -0.05) is 122 Å². The van der Waals surface area contributed by atoms with Gasteiger partial charge in [-0.25, -0.2) is 0 Å². The highest BCUT2D eigenvalue weighted by Crippen LogP contribution is 2.46. The summed E-state index contributed by atoms with van der Waals surface area (Å²) in [6, 6.07) is 38.9. The highest BCUT2D eigenvalue weighted by Gasteiger charge is 2.59. The van der Waals surface area contributed by atoms with Crippen molar-refractivity contribution in [1.82, 2.24) is 0 Å². The van der Waals surface area contributed by atoms with E-state index in [2.05, 4.69) is 0 Å². The van der Waals surface area contributed by atoms with Crippen molar-refractivity contribution in [2.24, 2.45) is 11.3 Å². The Morgan fingerprint density at radius 2 is 0.889 bits per heavy atom. The number of fused-ring (bicyclic) bond motifs is 3. The molecule has 6 aromatic rings. The van der Waals surface area contributed by atoms with Crippen LogP contribution in [0.2, 0.25) is 0 Å². The molecule has 6 heteroatoms. The van der Waals surface area contributed by atoms with E-state index in [0.29, 0.717) is 30.1 Å². The molecule has 222 valence electrons. The summed E-state index contributed by atoms with van der Waals surface area (Å²) in [5.41, 5.74) is -1.94. The molecule has 1 fully saturated rings. The first kappa shape index (κ1) is 28.3. The second-order valence-corrected chi connectivity index (χ2v) is 11.4. The molecular weight excluding hydrogens is 564 g/mol. The molecule has 1 aliphatic carbocycles. The highest BCUT2D eigenvalue weighted by molar-refractivity contribution is 6.07. The average Bonchev–Trinajstić information content (AvgIpc) is 3.08. The van der Waals surface area contributed by atoms with Crippen LogP contribution in [0.4, 0.5) is 0 Å². The van der Waals surface area contributed by atoms with Gasteiger partial charge in [0.25, 0.3) is 0 Å². The van der Waals surface area contributed by atoms with Crippen LogP contribution in [0.15, 0.2) is 127 Å². The van der Waals surface area contributed by atoms with Crippen LogP contribution in [0.3, 0.4) is 0 Å². The van der Waals surface area contributed by atoms with Gasteiger partial charge in [0.05, 0.1) is 5.92 Å². The Labute approximate surface area is 260 Å². The van der Waals surface area contributed by atoms with Gasteiger partial charge >= 0.3 is 17.9 Å². The molecule has 45 heavy (non-hydrogen) atoms. The molecule has 1 aliphatic rings. The predicted octanol–water partition coefficient (Wildman–Crippen LogP) is 8.44. The van der Waals surface area contributed by atoms with Crippen molar-refractivity contribution in [1.29, 1.82) is 0 Å². The lowest BCUT2D eigenvalue weighted by Crippen LogP contribution is -2.54. The number of ether oxygens (including phenoxy) is 3. The summed E-state index contributed by atoms with van der Waals surface area (Å²) < 4.78 is 18.1. The fourth-order valence-electron chi connectivity index (χ4n) is 6.48. The standard InChI is InChI=1S/C39H30O6/c40-36(43-33-22-9-15-26-12-1-4-18-29(26)33)32-21-7-8-25-39(32,37(41)44-34-23-10-16-27-13-2-5-19-30(27)34)38(42)45-35-24-11-17-28-14-3-6-20-31(28)35/h1-6,9-20,22-24,32H,7-8,21,25H2. The van der Waals surface area contributed by atoms with Gasteiger partial charge in [0, 0.05) is 16.2 Å². The lowest BCUT2D eigenvalue weighted by Gasteiger charge is -2.38. The third kappa shape index (κ3) is 5.18. The minimum atomic E-state index is -1.94. The third-order valence-electron chi connectivity index (χ3n) is 8.79. The number of benzene rings is 6. The topological polar surface area (TPSA) is 78.9 Å². The smallest absolute Gasteiger partial charge is 0.329 e. The van der Waals surface area contributed by atoms with Crippen molar-refractivity contribution < 1.29 is 28.6 Å². The summed E-state index contributed by atoms with van der Waals surface area (Å²) >= 11 is 0. The summed E-state index contributed by atoms with van der Waals surface area (Å²) in [4.78, 5) is 43.1. The molecule has 0 N–H and O–H groups in total. The van der Waals surface area contributed by atoms with Crippen molar-refractivity contribution in [3.63, 3.8) is 0 Å². The largest absolute Gasteiger partial charge is 0.426 e. The van der Waals surface area contributed by atoms with Crippen LogP contribution < -0.4 is 14.2 Å². The number of hydrogen-bond acceptors (Lipinski definition) is 6. The van der Waals surface area contributed by atoms with Gasteiger partial charge in [0.2, 0.25) is 0 Å². The second-order valence-electron chi connectivity index (χ2n) is 11.4. The van der Waals surface area contributed by atoms with Crippen LogP contribution in [-0.4, -0.2) is 17.9 Å². The lowest BCUT2D eigenvalue weighted by molar-refractivity contribution is -0.175. The average molecular weight is 595 g/mol. The van der Waals surface area contributed by atoms with E-state index in [1.54, 1.807) is 30.3 Å². The van der Waals surface area contributed by atoms with Gasteiger partial charge in [-0.15, -0.1) is 0 Å². The van der Waals surface area contributed by atoms with Crippen molar-refractivity contribution in [3.05, 3.63) is 127 Å². The molecule has 0 saturated heterocycles. The fraction of sp³-hybridized carbons (Fsp3) is 0.154. The zero-order chi connectivity index (χ0) is 30.8. The summed E-state index contributed by atoms with van der Waals surface area (Å²) in [5, 5.41) is 4.86. The monoisotopic (exact) mass is 594 g/mol. The number of carbonyl (C=O) groups excluding carboxylic acids is 3. The number of carbonyl (C=O) groups is 3. The Hall–Kier alpha value is -5.49. The number of rotatable bonds is 6. The van der Waals surface area contributed by atoms with E-state index in [-0.39, 0.29) is 12.8 Å². The van der Waals surface area contributed by atoms with E-state index in [1.165, 1.54) is 0 Å². The van der Waals surface area contributed by atoms with Crippen molar-refractivity contribution in [2.45, 2.75) is 25.7 Å². The summed E-state index contributed by atoms with van der Waals surface area (Å²) in [6.45, 7) is 0. The molecule has 0 spiro atoms. The zero-order valence-electron chi connectivity index (χ0n) is 24.5. The Morgan fingerprint density at radius 3 is 1.36 bits per heavy atom. The Balaban J connectivity index is 1.30. The first-order valence-corrected chi connectivity index (χ1v) is 15.1. The molecule has 0 radical (unpaired) electrons. The van der Waals surface area contributed by atoms with E-state index in [0.717, 1.165) is 32.3 Å². The van der Waals surface area contributed by atoms with E-state index in [4.69, 9.17) is 14.2 Å². The molecule has 6 nitrogen and oxygen atoms in total. The Bertz CT molecular complexity index is 1970. The molecule has 0 heterocycles. The van der Waals surface area contributed by atoms with Crippen LogP contribution >= 0.6 is 0 Å². The molecule has 1 unspecified atom stereocenters. The van der Waals surface area contributed by atoms with Crippen LogP contribution in [0.25, 0.3) is 32.3 Å². The van der Waals surface area contributed by atoms with Crippen molar-refractivity contribution in [2.75, 3.05) is 0 Å². The van der Waals surface area contributed by atoms with E-state index in [9.17, 15) is 14.4 Å². The summed E-state index contributed by atoms with van der Waals surface area (Å²) in [6.07, 6.45) is 1.52. The molecular formula is C39H30O6. The van der Waals surface area contributed by atoms with Crippen LogP contribution in [0.1, 0.15) is 25.7 Å². The molecule has 0 aliphatic heterocycles. The Morgan fingerprint density at radius 1 is 0.489 bits per heavy atom. The van der Waals surface area contributed by atoms with Gasteiger partial charge in [0.1, 0.15) is 17.2 Å². The van der Waals surface area contributed by atoms with E-state index >= 15 is 0 Å². The first-order chi connectivity index (χ1) is 22.0. The minimum absolute atomic E-state index is 0.0789. The molecule has 7 rings (SSSR count). The maximum absolute atomic E-state index is 14.5. The molecule has 0 bridgehead atoms. The van der Waals surface area contributed by atoms with Gasteiger partial charge in [-0.2, -0.15) is 0 Å². The third-order valence-corrected chi connectivity index (χ3v) is 8.79. The van der Waals surface area contributed by atoms with Crippen LogP contribution in [-0.2, 0) is 14.4 Å². The SMILES string of the molecule is O=C(Oc1cccc2ccccc12)C1CCCCC1(C(=O)Oc1cccc2ccccc12)C(=O)Oc1cccc2ccccc12. The van der Waals surface area contributed by atoms with Gasteiger partial charge in [0.15, 0.2) is 5.41 Å². The molecule has 0 aromatic heterocycles. The lowest BCUT2D eigenvalue weighted by atomic mass is 9.66. The van der Waals surface area contributed by atoms with Gasteiger partial charge in [-0.05, 0) is 47.2 Å². The van der Waals surface area contributed by atoms with Gasteiger partial charge in [-0.3, -0.25) is 14.4 Å².